The van der Waals surface area contributed by atoms with Gasteiger partial charge in [0.25, 0.3) is 5.91 Å². The number of amides is 1. The summed E-state index contributed by atoms with van der Waals surface area (Å²) in [5.41, 5.74) is 4.12. The van der Waals surface area contributed by atoms with Crippen molar-refractivity contribution in [3.05, 3.63) is 119 Å². The second kappa shape index (κ2) is 18.4. The van der Waals surface area contributed by atoms with Gasteiger partial charge in [0.1, 0.15) is 34.9 Å². The van der Waals surface area contributed by atoms with Crippen molar-refractivity contribution in [1.29, 1.82) is 0 Å². The van der Waals surface area contributed by atoms with Gasteiger partial charge < -0.3 is 24.6 Å². The molecule has 278 valence electrons. The maximum Gasteiger partial charge on any atom is 0.257 e. The molecule has 2 bridgehead atoms. The van der Waals surface area contributed by atoms with E-state index >= 15 is 0 Å². The summed E-state index contributed by atoms with van der Waals surface area (Å²) in [6.45, 7) is 3.16. The maximum absolute atomic E-state index is 13.5. The van der Waals surface area contributed by atoms with Gasteiger partial charge in [-0.3, -0.25) is 9.69 Å². The van der Waals surface area contributed by atoms with Crippen molar-refractivity contribution in [3.63, 3.8) is 0 Å². The minimum Gasteiger partial charge on any atom is -0.487 e. The van der Waals surface area contributed by atoms with Crippen molar-refractivity contribution in [1.82, 2.24) is 14.9 Å². The number of nitrogens with zero attached hydrogens (tertiary/aromatic N) is 1. The predicted molar refractivity (Wildman–Crippen MR) is 202 cm³/mol. The van der Waals surface area contributed by atoms with Gasteiger partial charge in [-0.1, -0.05) is 81.4 Å². The van der Waals surface area contributed by atoms with Gasteiger partial charge in [0, 0.05) is 25.7 Å². The third-order valence-electron chi connectivity index (χ3n) is 9.35. The van der Waals surface area contributed by atoms with Crippen LogP contribution in [0, 0.1) is 0 Å². The van der Waals surface area contributed by atoms with Crippen LogP contribution in [0.2, 0.25) is 0 Å². The molecule has 3 aliphatic rings. The minimum atomic E-state index is -3.99. The molecule has 1 aliphatic carbocycles. The standard InChI is InChI=1S/C40H47N3O7S.CH4/c1-2-3-21-41-39(45)28-48-35-19-18-31-13-10-14-33(23-32(31)24-35)43(26-29-11-6-4-7-12-29)40(50-34-15-8-5-9-16-34)36(44)25-42-51(46,47)38-22-30-17-20-37(38)49-27-30;/h4-9,11-12,15-20,22,24,33,36,40,42,44H,2-3,10,13-14,21,23,25-28H2,1H3,(H,41,45);1H4/t33?,36-,40?;/m0./s1. The number of hydrogen-bond acceptors (Lipinski definition) is 8. The summed E-state index contributed by atoms with van der Waals surface area (Å²) in [7, 11) is -3.99. The van der Waals surface area contributed by atoms with E-state index in [-0.39, 0.29) is 43.2 Å². The number of sulfonamides is 1. The van der Waals surface area contributed by atoms with Crippen molar-refractivity contribution in [2.75, 3.05) is 19.7 Å². The van der Waals surface area contributed by atoms with Crippen LogP contribution in [0.15, 0.2) is 102 Å². The van der Waals surface area contributed by atoms with Crippen molar-refractivity contribution in [3.8, 4) is 17.2 Å². The fourth-order valence-corrected chi connectivity index (χ4v) is 7.87. The topological polar surface area (TPSA) is 126 Å². The molecule has 0 aromatic heterocycles. The molecule has 3 atom stereocenters. The molecule has 0 saturated heterocycles. The van der Waals surface area contributed by atoms with E-state index in [9.17, 15) is 18.3 Å². The molecule has 4 aromatic rings. The van der Waals surface area contributed by atoms with Crippen LogP contribution in [-0.2, 0) is 40.8 Å². The number of aliphatic hydroxyl groups excluding tert-OH is 1. The zero-order chi connectivity index (χ0) is 35.6. The summed E-state index contributed by atoms with van der Waals surface area (Å²) in [4.78, 5) is 14.5. The number of rotatable bonds is 17. The molecule has 0 radical (unpaired) electrons. The van der Waals surface area contributed by atoms with Crippen molar-refractivity contribution < 1.29 is 32.5 Å². The van der Waals surface area contributed by atoms with Gasteiger partial charge in [-0.15, -0.1) is 0 Å². The lowest BCUT2D eigenvalue weighted by Gasteiger charge is -2.40. The van der Waals surface area contributed by atoms with E-state index in [1.54, 1.807) is 12.1 Å². The Morgan fingerprint density at radius 2 is 1.75 bits per heavy atom. The Bertz CT molecular complexity index is 1860. The fourth-order valence-electron chi connectivity index (χ4n) is 6.63. The van der Waals surface area contributed by atoms with Crippen LogP contribution in [0.25, 0.3) is 0 Å². The maximum atomic E-state index is 13.5. The molecule has 52 heavy (non-hydrogen) atoms. The summed E-state index contributed by atoms with van der Waals surface area (Å²) in [5, 5.41) is 14.8. The normalized spacial score (nSPS) is 16.1. The lowest BCUT2D eigenvalue weighted by atomic mass is 9.99. The SMILES string of the molecule is C.CCCCNC(=O)COc1ccc2c(c1)CC(N(Cc1ccccc1)C(Oc1ccccc1)[C@@H](O)CNS(=O)(=O)c1cc3ccc1OC3)CCC2. The van der Waals surface area contributed by atoms with Gasteiger partial charge in [0.2, 0.25) is 10.0 Å². The molecule has 2 aliphatic heterocycles. The number of aryl methyl sites for hydroxylation is 1. The zero-order valence-electron chi connectivity index (χ0n) is 29.0. The Morgan fingerprint density at radius 3 is 2.44 bits per heavy atom. The second-order valence-electron chi connectivity index (χ2n) is 13.1. The highest BCUT2D eigenvalue weighted by molar-refractivity contribution is 7.89. The zero-order valence-corrected chi connectivity index (χ0v) is 29.8. The average molecular weight is 730 g/mol. The van der Waals surface area contributed by atoms with Crippen LogP contribution in [0.4, 0.5) is 0 Å². The number of carbonyl (C=O) groups excluding carboxylic acids is 1. The Balaban J connectivity index is 0.00000523. The number of hydrogen-bond donors (Lipinski definition) is 3. The highest BCUT2D eigenvalue weighted by atomic mass is 32.2. The highest BCUT2D eigenvalue weighted by Gasteiger charge is 2.36. The highest BCUT2D eigenvalue weighted by Crippen LogP contribution is 2.32. The number of ether oxygens (including phenoxy) is 3. The predicted octanol–water partition coefficient (Wildman–Crippen LogP) is 6.00. The van der Waals surface area contributed by atoms with Gasteiger partial charge >= 0.3 is 0 Å². The molecule has 11 heteroatoms. The molecule has 0 spiro atoms. The third-order valence-corrected chi connectivity index (χ3v) is 10.8. The average Bonchev–Trinajstić information content (AvgIpc) is 3.38. The Labute approximate surface area is 308 Å². The first-order valence-electron chi connectivity index (χ1n) is 17.7. The van der Waals surface area contributed by atoms with Crippen LogP contribution in [0.5, 0.6) is 17.2 Å². The van der Waals surface area contributed by atoms with Crippen LogP contribution < -0.4 is 24.2 Å². The molecule has 2 unspecified atom stereocenters. The summed E-state index contributed by atoms with van der Waals surface area (Å²) in [6, 6.07) is 30.3. The van der Waals surface area contributed by atoms with Gasteiger partial charge in [-0.05, 0) is 90.8 Å². The lowest BCUT2D eigenvalue weighted by Crippen LogP contribution is -2.55. The van der Waals surface area contributed by atoms with Crippen molar-refractivity contribution in [2.45, 2.75) is 89.3 Å². The number of carbonyl (C=O) groups is 1. The summed E-state index contributed by atoms with van der Waals surface area (Å²) < 4.78 is 47.6. The van der Waals surface area contributed by atoms with E-state index in [1.807, 2.05) is 78.9 Å². The molecule has 3 N–H and O–H groups in total. The Hall–Kier alpha value is -4.42. The van der Waals surface area contributed by atoms with E-state index in [0.717, 1.165) is 48.8 Å². The second-order valence-corrected chi connectivity index (χ2v) is 14.9. The van der Waals surface area contributed by atoms with Crippen molar-refractivity contribution >= 4 is 15.9 Å². The Morgan fingerprint density at radius 1 is 0.981 bits per heavy atom. The number of unbranched alkanes of at least 4 members (excludes halogenated alkanes) is 1. The summed E-state index contributed by atoms with van der Waals surface area (Å²) in [6.07, 6.45) is 3.00. The molecule has 0 fully saturated rings. The first-order chi connectivity index (χ1) is 24.8. The quantitative estimate of drug-likeness (QED) is 0.0687. The van der Waals surface area contributed by atoms with Gasteiger partial charge in [0.15, 0.2) is 12.8 Å². The number of fused-ring (bicyclic) bond motifs is 4. The number of aliphatic hydroxyl groups is 1. The van der Waals surface area contributed by atoms with Crippen molar-refractivity contribution in [2.24, 2.45) is 0 Å². The first-order valence-corrected chi connectivity index (χ1v) is 19.2. The first kappa shape index (κ1) is 38.8. The third kappa shape index (κ3) is 10.1. The molecule has 2 heterocycles. The van der Waals surface area contributed by atoms with Gasteiger partial charge in [0.05, 0.1) is 0 Å². The van der Waals surface area contributed by atoms with Crippen LogP contribution in [0.3, 0.4) is 0 Å². The Kier molecular flexibility index (Phi) is 13.7. The largest absolute Gasteiger partial charge is 0.487 e. The monoisotopic (exact) mass is 729 g/mol. The lowest BCUT2D eigenvalue weighted by molar-refractivity contribution is -0.123. The van der Waals surface area contributed by atoms with E-state index in [1.165, 1.54) is 5.56 Å². The van der Waals surface area contributed by atoms with Crippen LogP contribution in [0.1, 0.15) is 62.3 Å². The van der Waals surface area contributed by atoms with Crippen LogP contribution >= 0.6 is 0 Å². The number of benzene rings is 4. The molecular formula is C41H51N3O7S. The van der Waals surface area contributed by atoms with E-state index < -0.39 is 22.4 Å². The van der Waals surface area contributed by atoms with E-state index in [2.05, 4.69) is 27.9 Å². The van der Waals surface area contributed by atoms with Gasteiger partial charge in [-0.25, -0.2) is 13.1 Å². The molecular weight excluding hydrogens is 679 g/mol. The van der Waals surface area contributed by atoms with E-state index in [4.69, 9.17) is 14.2 Å². The molecule has 1 amide bonds. The fraction of sp³-hybridized carbons (Fsp3) is 0.390. The molecule has 4 aromatic carbocycles. The summed E-state index contributed by atoms with van der Waals surface area (Å²) >= 11 is 0. The number of nitrogens with one attached hydrogen (secondary N) is 2. The molecule has 0 saturated carbocycles. The van der Waals surface area contributed by atoms with Crippen LogP contribution in [-0.4, -0.2) is 62.4 Å². The van der Waals surface area contributed by atoms with Gasteiger partial charge in [-0.2, -0.15) is 0 Å². The number of para-hydroxylation sites is 1. The smallest absolute Gasteiger partial charge is 0.257 e. The molecule has 7 rings (SSSR count). The molecule has 10 nitrogen and oxygen atoms in total. The summed E-state index contributed by atoms with van der Waals surface area (Å²) in [5.74, 6) is 1.32. The van der Waals surface area contributed by atoms with E-state index in [0.29, 0.717) is 37.6 Å². The minimum absolute atomic E-state index is 0.